The molecule has 1 atom stereocenters. The van der Waals surface area contributed by atoms with Gasteiger partial charge in [0, 0.05) is 37.7 Å². The minimum absolute atomic E-state index is 0.179. The third-order valence-electron chi connectivity index (χ3n) is 4.25. The quantitative estimate of drug-likeness (QED) is 0.929. The molecule has 0 spiro atoms. The summed E-state index contributed by atoms with van der Waals surface area (Å²) < 4.78 is 13.8. The summed E-state index contributed by atoms with van der Waals surface area (Å²) in [5.74, 6) is -0.179. The fraction of sp³-hybridized carbons (Fsp3) is 0.333. The SMILES string of the molecule is O[C@H](CN1CCN(c2ccccc2F)CC1)c1ccc(Cl)cc1. The molecule has 1 heterocycles. The number of aliphatic hydroxyl groups is 1. The van der Waals surface area contributed by atoms with Crippen LogP contribution in [0.4, 0.5) is 10.1 Å². The summed E-state index contributed by atoms with van der Waals surface area (Å²) >= 11 is 5.87. The van der Waals surface area contributed by atoms with Crippen LogP contribution in [0.25, 0.3) is 0 Å². The van der Waals surface area contributed by atoms with E-state index in [1.807, 2.05) is 24.3 Å². The Kier molecular flexibility index (Phi) is 5.16. The smallest absolute Gasteiger partial charge is 0.146 e. The molecule has 1 aliphatic rings. The van der Waals surface area contributed by atoms with Gasteiger partial charge in [-0.1, -0.05) is 35.9 Å². The molecular weight excluding hydrogens is 315 g/mol. The topological polar surface area (TPSA) is 26.7 Å². The van der Waals surface area contributed by atoms with E-state index < -0.39 is 6.10 Å². The Balaban J connectivity index is 1.55. The van der Waals surface area contributed by atoms with Gasteiger partial charge in [0.05, 0.1) is 11.8 Å². The lowest BCUT2D eigenvalue weighted by Crippen LogP contribution is -2.47. The Bertz CT molecular complexity index is 642. The predicted octanol–water partition coefficient (Wildman–Crippen LogP) is 3.33. The maximum atomic E-state index is 13.8. The highest BCUT2D eigenvalue weighted by molar-refractivity contribution is 6.30. The molecule has 23 heavy (non-hydrogen) atoms. The summed E-state index contributed by atoms with van der Waals surface area (Å²) in [5, 5.41) is 11.0. The molecule has 1 saturated heterocycles. The van der Waals surface area contributed by atoms with Crippen molar-refractivity contribution in [2.75, 3.05) is 37.6 Å². The third kappa shape index (κ3) is 4.02. The van der Waals surface area contributed by atoms with Crippen molar-refractivity contribution in [1.29, 1.82) is 0 Å². The normalized spacial score (nSPS) is 17.3. The molecular formula is C18H20ClFN2O. The lowest BCUT2D eigenvalue weighted by Gasteiger charge is -2.37. The average molecular weight is 335 g/mol. The maximum Gasteiger partial charge on any atom is 0.146 e. The molecule has 122 valence electrons. The summed E-state index contributed by atoms with van der Waals surface area (Å²) in [4.78, 5) is 4.26. The van der Waals surface area contributed by atoms with Crippen molar-refractivity contribution in [3.05, 3.63) is 64.9 Å². The molecule has 1 aliphatic heterocycles. The number of rotatable bonds is 4. The number of hydrogen-bond acceptors (Lipinski definition) is 3. The standard InChI is InChI=1S/C18H20ClFN2O/c19-15-7-5-14(6-8-15)18(23)13-21-9-11-22(12-10-21)17-4-2-1-3-16(17)20/h1-8,18,23H,9-13H2/t18-/m1/s1. The number of anilines is 1. The van der Waals surface area contributed by atoms with Crippen LogP contribution in [0.5, 0.6) is 0 Å². The minimum Gasteiger partial charge on any atom is -0.387 e. The molecule has 1 fully saturated rings. The summed E-state index contributed by atoms with van der Waals surface area (Å²) in [6, 6.07) is 14.1. The Morgan fingerprint density at radius 3 is 2.30 bits per heavy atom. The number of piperazine rings is 1. The van der Waals surface area contributed by atoms with Crippen LogP contribution in [0.1, 0.15) is 11.7 Å². The van der Waals surface area contributed by atoms with Gasteiger partial charge in [-0.2, -0.15) is 0 Å². The van der Waals surface area contributed by atoms with Crippen molar-refractivity contribution in [1.82, 2.24) is 4.90 Å². The Hall–Kier alpha value is -1.62. The first-order chi connectivity index (χ1) is 11.1. The van der Waals surface area contributed by atoms with E-state index in [0.29, 0.717) is 17.3 Å². The first-order valence-corrected chi connectivity index (χ1v) is 8.16. The van der Waals surface area contributed by atoms with E-state index in [2.05, 4.69) is 9.80 Å². The maximum absolute atomic E-state index is 13.8. The van der Waals surface area contributed by atoms with Gasteiger partial charge in [0.15, 0.2) is 0 Å². The number of hydrogen-bond donors (Lipinski definition) is 1. The molecule has 0 saturated carbocycles. The highest BCUT2D eigenvalue weighted by atomic mass is 35.5. The molecule has 3 nitrogen and oxygen atoms in total. The van der Waals surface area contributed by atoms with Crippen molar-refractivity contribution in [2.45, 2.75) is 6.10 Å². The Morgan fingerprint density at radius 2 is 1.65 bits per heavy atom. The second kappa shape index (κ2) is 7.30. The summed E-state index contributed by atoms with van der Waals surface area (Å²) in [7, 11) is 0. The number of halogens is 2. The number of aliphatic hydroxyl groups excluding tert-OH is 1. The van der Waals surface area contributed by atoms with Crippen LogP contribution in [-0.4, -0.2) is 42.7 Å². The minimum atomic E-state index is -0.535. The largest absolute Gasteiger partial charge is 0.387 e. The van der Waals surface area contributed by atoms with Crippen LogP contribution in [0.2, 0.25) is 5.02 Å². The van der Waals surface area contributed by atoms with Crippen LogP contribution in [0.15, 0.2) is 48.5 Å². The van der Waals surface area contributed by atoms with Crippen LogP contribution in [0.3, 0.4) is 0 Å². The van der Waals surface area contributed by atoms with E-state index in [9.17, 15) is 9.50 Å². The van der Waals surface area contributed by atoms with Crippen LogP contribution in [-0.2, 0) is 0 Å². The molecule has 3 rings (SSSR count). The van der Waals surface area contributed by atoms with Crippen LogP contribution in [0, 0.1) is 5.82 Å². The van der Waals surface area contributed by atoms with Crippen molar-refractivity contribution >= 4 is 17.3 Å². The van der Waals surface area contributed by atoms with Gasteiger partial charge in [0.25, 0.3) is 0 Å². The van der Waals surface area contributed by atoms with Crippen LogP contribution < -0.4 is 4.90 Å². The number of β-amino-alcohol motifs (C(OH)–C–C–N with tert-alkyl or cyclic N) is 1. The van der Waals surface area contributed by atoms with Crippen LogP contribution >= 0.6 is 11.6 Å². The average Bonchev–Trinajstić information content (AvgIpc) is 2.57. The van der Waals surface area contributed by atoms with Crippen molar-refractivity contribution in [2.24, 2.45) is 0 Å². The van der Waals surface area contributed by atoms with Gasteiger partial charge in [0.1, 0.15) is 5.82 Å². The highest BCUT2D eigenvalue weighted by Gasteiger charge is 2.21. The zero-order valence-corrected chi connectivity index (χ0v) is 13.6. The number of nitrogens with zero attached hydrogens (tertiary/aromatic N) is 2. The Morgan fingerprint density at radius 1 is 1.00 bits per heavy atom. The summed E-state index contributed by atoms with van der Waals surface area (Å²) in [6.07, 6.45) is -0.535. The number of benzene rings is 2. The molecule has 1 N–H and O–H groups in total. The molecule has 2 aromatic carbocycles. The van der Waals surface area contributed by atoms with E-state index in [-0.39, 0.29) is 5.82 Å². The highest BCUT2D eigenvalue weighted by Crippen LogP contribution is 2.22. The lowest BCUT2D eigenvalue weighted by atomic mass is 10.1. The molecule has 0 aliphatic carbocycles. The predicted molar refractivity (Wildman–Crippen MR) is 91.5 cm³/mol. The molecule has 0 amide bonds. The lowest BCUT2D eigenvalue weighted by molar-refractivity contribution is 0.109. The second-order valence-corrected chi connectivity index (χ2v) is 6.24. The summed E-state index contributed by atoms with van der Waals surface area (Å²) in [5.41, 5.74) is 1.52. The zero-order chi connectivity index (χ0) is 16.2. The zero-order valence-electron chi connectivity index (χ0n) is 12.8. The monoisotopic (exact) mass is 334 g/mol. The van der Waals surface area contributed by atoms with Gasteiger partial charge in [-0.3, -0.25) is 4.90 Å². The molecule has 0 bridgehead atoms. The van der Waals surface area contributed by atoms with Crippen molar-refractivity contribution < 1.29 is 9.50 Å². The van der Waals surface area contributed by atoms with Gasteiger partial charge in [-0.25, -0.2) is 4.39 Å². The van der Waals surface area contributed by atoms with Gasteiger partial charge < -0.3 is 10.0 Å². The summed E-state index contributed by atoms with van der Waals surface area (Å²) in [6.45, 7) is 3.70. The second-order valence-electron chi connectivity index (χ2n) is 5.81. The van der Waals surface area contributed by atoms with Crippen molar-refractivity contribution in [3.8, 4) is 0 Å². The molecule has 0 radical (unpaired) electrons. The molecule has 0 aromatic heterocycles. The molecule has 5 heteroatoms. The fourth-order valence-corrected chi connectivity index (χ4v) is 3.04. The molecule has 0 unspecified atom stereocenters. The number of para-hydroxylation sites is 1. The molecule has 2 aromatic rings. The van der Waals surface area contributed by atoms with Gasteiger partial charge in [-0.15, -0.1) is 0 Å². The van der Waals surface area contributed by atoms with Gasteiger partial charge in [0.2, 0.25) is 0 Å². The van der Waals surface area contributed by atoms with Crippen molar-refractivity contribution in [3.63, 3.8) is 0 Å². The van der Waals surface area contributed by atoms with E-state index in [4.69, 9.17) is 11.6 Å². The van der Waals surface area contributed by atoms with E-state index >= 15 is 0 Å². The van der Waals surface area contributed by atoms with Gasteiger partial charge >= 0.3 is 0 Å². The Labute approximate surface area is 140 Å². The fourth-order valence-electron chi connectivity index (χ4n) is 2.91. The van der Waals surface area contributed by atoms with E-state index in [0.717, 1.165) is 31.7 Å². The first kappa shape index (κ1) is 16.2. The third-order valence-corrected chi connectivity index (χ3v) is 4.50. The van der Waals surface area contributed by atoms with E-state index in [1.54, 1.807) is 18.2 Å². The first-order valence-electron chi connectivity index (χ1n) is 7.79. The van der Waals surface area contributed by atoms with Gasteiger partial charge in [-0.05, 0) is 29.8 Å². The van der Waals surface area contributed by atoms with E-state index in [1.165, 1.54) is 6.07 Å².